The van der Waals surface area contributed by atoms with Gasteiger partial charge in [0.15, 0.2) is 5.82 Å². The second-order valence-electron chi connectivity index (χ2n) is 8.29. The Morgan fingerprint density at radius 1 is 1.13 bits per heavy atom. The molecule has 3 aromatic rings. The number of tetrazole rings is 1. The van der Waals surface area contributed by atoms with Crippen LogP contribution in [-0.2, 0) is 6.54 Å². The highest BCUT2D eigenvalue weighted by molar-refractivity contribution is 9.10. The molecule has 0 saturated heterocycles. The van der Waals surface area contributed by atoms with E-state index < -0.39 is 0 Å². The molecule has 0 amide bonds. The van der Waals surface area contributed by atoms with E-state index in [9.17, 15) is 0 Å². The van der Waals surface area contributed by atoms with Gasteiger partial charge in [-0.3, -0.25) is 5.32 Å². The summed E-state index contributed by atoms with van der Waals surface area (Å²) in [6.45, 7) is 0.625. The normalized spacial score (nSPS) is 18.1. The first kappa shape index (κ1) is 20.5. The predicted octanol–water partition coefficient (Wildman–Crippen LogP) is 4.15. The lowest BCUT2D eigenvalue weighted by Crippen LogP contribution is -2.29. The molecule has 9 heteroatoms. The summed E-state index contributed by atoms with van der Waals surface area (Å²) in [7, 11) is 0. The molecule has 2 aliphatic rings. The van der Waals surface area contributed by atoms with Gasteiger partial charge in [0.25, 0.3) is 0 Å². The van der Waals surface area contributed by atoms with Crippen molar-refractivity contribution < 1.29 is 4.74 Å². The van der Waals surface area contributed by atoms with Gasteiger partial charge in [-0.15, -0.1) is 5.10 Å². The van der Waals surface area contributed by atoms with Gasteiger partial charge in [0, 0.05) is 18.8 Å². The molecule has 2 saturated carbocycles. The first-order valence-corrected chi connectivity index (χ1v) is 11.8. The van der Waals surface area contributed by atoms with E-state index in [4.69, 9.17) is 4.74 Å². The maximum absolute atomic E-state index is 6.07. The van der Waals surface area contributed by atoms with Crippen molar-refractivity contribution in [3.8, 4) is 5.88 Å². The number of halogens is 1. The third kappa shape index (κ3) is 4.77. The lowest BCUT2D eigenvalue weighted by Gasteiger charge is -2.28. The molecule has 1 atom stereocenters. The van der Waals surface area contributed by atoms with Crippen LogP contribution in [0.3, 0.4) is 0 Å². The number of hydrogen-bond donors (Lipinski definition) is 1. The summed E-state index contributed by atoms with van der Waals surface area (Å²) >= 11 is 3.49. The van der Waals surface area contributed by atoms with Gasteiger partial charge in [-0.05, 0) is 95.1 Å². The van der Waals surface area contributed by atoms with Gasteiger partial charge < -0.3 is 4.74 Å². The maximum atomic E-state index is 6.07. The van der Waals surface area contributed by atoms with E-state index in [0.29, 0.717) is 24.6 Å². The van der Waals surface area contributed by atoms with Crippen LogP contribution in [-0.4, -0.2) is 36.3 Å². The van der Waals surface area contributed by atoms with Crippen molar-refractivity contribution >= 4 is 15.9 Å². The molecule has 1 N–H and O–H groups in total. The molecule has 0 aromatic carbocycles. The summed E-state index contributed by atoms with van der Waals surface area (Å²) in [6, 6.07) is 10.1. The topological polar surface area (TPSA) is 90.6 Å². The Bertz CT molecular complexity index is 1020. The Kier molecular flexibility index (Phi) is 6.22. The average molecular weight is 484 g/mol. The van der Waals surface area contributed by atoms with Gasteiger partial charge in [0.05, 0.1) is 11.7 Å². The quantitative estimate of drug-likeness (QED) is 0.481. The first-order valence-electron chi connectivity index (χ1n) is 11.0. The summed E-state index contributed by atoms with van der Waals surface area (Å²) in [4.78, 5) is 9.08. The number of hydrogen-bond acceptors (Lipinski definition) is 7. The summed E-state index contributed by atoms with van der Waals surface area (Å²) in [5.74, 6) is 1.49. The second kappa shape index (κ2) is 9.40. The molecule has 2 aliphatic carbocycles. The molecule has 0 aliphatic heterocycles. The van der Waals surface area contributed by atoms with E-state index >= 15 is 0 Å². The highest BCUT2D eigenvalue weighted by Crippen LogP contribution is 2.33. The van der Waals surface area contributed by atoms with Crippen LogP contribution in [0.25, 0.3) is 0 Å². The van der Waals surface area contributed by atoms with Gasteiger partial charge >= 0.3 is 0 Å². The number of pyridine rings is 2. The van der Waals surface area contributed by atoms with Crippen LogP contribution >= 0.6 is 15.9 Å². The standard InChI is InChI=1S/C22H26BrN7O/c23-19-10-4-9-18(26-19)21(22-27-28-29-30(22)16-5-3-6-16)25-14-15-11-12-24-20(13-15)31-17-7-1-2-8-17/h4,9-13,16-17,21,25H,1-3,5-8,14H2. The molecule has 0 radical (unpaired) electrons. The molecule has 8 nitrogen and oxygen atoms in total. The van der Waals surface area contributed by atoms with Gasteiger partial charge in [0.1, 0.15) is 16.7 Å². The SMILES string of the molecule is Brc1cccc(C(NCc2ccnc(OC3CCCC3)c2)c2nnnn2C2CCC2)n1. The Balaban J connectivity index is 1.36. The van der Waals surface area contributed by atoms with E-state index in [1.807, 2.05) is 41.2 Å². The van der Waals surface area contributed by atoms with Crippen LogP contribution in [0.15, 0.2) is 41.1 Å². The van der Waals surface area contributed by atoms with Gasteiger partial charge in [0.2, 0.25) is 5.88 Å². The van der Waals surface area contributed by atoms with Crippen LogP contribution in [0.1, 0.15) is 74.1 Å². The average Bonchev–Trinajstić information content (AvgIpc) is 3.40. The Labute approximate surface area is 190 Å². The van der Waals surface area contributed by atoms with Crippen molar-refractivity contribution in [3.63, 3.8) is 0 Å². The van der Waals surface area contributed by atoms with Gasteiger partial charge in [-0.1, -0.05) is 6.07 Å². The minimum Gasteiger partial charge on any atom is -0.474 e. The van der Waals surface area contributed by atoms with Gasteiger partial charge in [-0.25, -0.2) is 14.6 Å². The second-order valence-corrected chi connectivity index (χ2v) is 9.10. The Hall–Kier alpha value is -2.39. The maximum Gasteiger partial charge on any atom is 0.213 e. The number of ether oxygens (including phenoxy) is 1. The fourth-order valence-corrected chi connectivity index (χ4v) is 4.57. The fraction of sp³-hybridized carbons (Fsp3) is 0.500. The van der Waals surface area contributed by atoms with Crippen molar-refractivity contribution in [1.29, 1.82) is 0 Å². The molecule has 3 heterocycles. The molecular weight excluding hydrogens is 458 g/mol. The van der Waals surface area contributed by atoms with Crippen molar-refractivity contribution in [2.24, 2.45) is 0 Å². The minimum absolute atomic E-state index is 0.222. The first-order chi connectivity index (χ1) is 15.3. The third-order valence-corrected chi connectivity index (χ3v) is 6.57. The Morgan fingerprint density at radius 3 is 2.77 bits per heavy atom. The van der Waals surface area contributed by atoms with Crippen LogP contribution in [0.5, 0.6) is 5.88 Å². The molecule has 162 valence electrons. The molecule has 3 aromatic heterocycles. The zero-order valence-corrected chi connectivity index (χ0v) is 18.9. The fourth-order valence-electron chi connectivity index (χ4n) is 4.22. The number of nitrogens with zero attached hydrogens (tertiary/aromatic N) is 6. The largest absolute Gasteiger partial charge is 0.474 e. The highest BCUT2D eigenvalue weighted by Gasteiger charge is 2.29. The van der Waals surface area contributed by atoms with Crippen molar-refractivity contribution in [1.82, 2.24) is 35.5 Å². The Morgan fingerprint density at radius 2 is 2.00 bits per heavy atom. The lowest BCUT2D eigenvalue weighted by atomic mass is 9.93. The summed E-state index contributed by atoms with van der Waals surface area (Å²) in [6.07, 6.45) is 10.3. The summed E-state index contributed by atoms with van der Waals surface area (Å²) in [5, 5.41) is 16.2. The van der Waals surface area contributed by atoms with Crippen molar-refractivity contribution in [2.45, 2.75) is 69.7 Å². The van der Waals surface area contributed by atoms with Crippen LogP contribution < -0.4 is 10.1 Å². The predicted molar refractivity (Wildman–Crippen MR) is 118 cm³/mol. The van der Waals surface area contributed by atoms with Crippen LogP contribution in [0, 0.1) is 0 Å². The molecule has 0 spiro atoms. The van der Waals surface area contributed by atoms with Crippen molar-refractivity contribution in [3.05, 3.63) is 58.2 Å². The van der Waals surface area contributed by atoms with E-state index in [-0.39, 0.29) is 6.04 Å². The molecular formula is C22H26BrN7O. The van der Waals surface area contributed by atoms with Gasteiger partial charge in [-0.2, -0.15) is 0 Å². The summed E-state index contributed by atoms with van der Waals surface area (Å²) in [5.41, 5.74) is 1.98. The highest BCUT2D eigenvalue weighted by atomic mass is 79.9. The third-order valence-electron chi connectivity index (χ3n) is 6.13. The molecule has 1 unspecified atom stereocenters. The smallest absolute Gasteiger partial charge is 0.213 e. The molecule has 0 bridgehead atoms. The minimum atomic E-state index is -0.222. The van der Waals surface area contributed by atoms with Crippen molar-refractivity contribution in [2.75, 3.05) is 0 Å². The zero-order valence-electron chi connectivity index (χ0n) is 17.3. The zero-order chi connectivity index (χ0) is 21.0. The van der Waals surface area contributed by atoms with Crippen LogP contribution in [0.2, 0.25) is 0 Å². The number of aromatic nitrogens is 6. The van der Waals surface area contributed by atoms with E-state index in [1.54, 1.807) is 0 Å². The summed E-state index contributed by atoms with van der Waals surface area (Å²) < 4.78 is 8.83. The van der Waals surface area contributed by atoms with E-state index in [0.717, 1.165) is 47.4 Å². The number of rotatable bonds is 8. The van der Waals surface area contributed by atoms with Crippen LogP contribution in [0.4, 0.5) is 0 Å². The molecule has 2 fully saturated rings. The molecule has 31 heavy (non-hydrogen) atoms. The van der Waals surface area contributed by atoms with E-state index in [1.165, 1.54) is 19.3 Å². The van der Waals surface area contributed by atoms with E-state index in [2.05, 4.69) is 46.7 Å². The number of nitrogens with one attached hydrogen (secondary N) is 1. The molecule has 5 rings (SSSR count). The monoisotopic (exact) mass is 483 g/mol. The lowest BCUT2D eigenvalue weighted by molar-refractivity contribution is 0.201.